The molecule has 1 saturated heterocycles. The number of amides is 4. The predicted octanol–water partition coefficient (Wildman–Crippen LogP) is 2.50. The zero-order valence-electron chi connectivity index (χ0n) is 29.8. The summed E-state index contributed by atoms with van der Waals surface area (Å²) in [4.78, 5) is 57.9. The Kier molecular flexibility index (Phi) is 10.2. The van der Waals surface area contributed by atoms with Gasteiger partial charge in [-0.2, -0.15) is 4.80 Å². The maximum absolute atomic E-state index is 14.4. The standard InChI is InChI=1S/C35H46N8O8S/c1-6-23-19-35(23,32(46)40-52(48,49)25-13-14-25)37-30(44)26-18-24-20-42(26)31(45)28(34(2,3)4)36-33(47)51-16-10-8-7-9-11-21-17-22(12-15-27(21)50-5)29-38-41-43(24)39-29/h6,9,11-12,15,17,23-26,28H,1,7-8,10,13-14,16,18-20H2,2-5H3,(H,36,47)(H,37,44)(H,40,46)/b11-9+/t23-,24+,26-,28-,35-/m0/s1. The molecule has 1 aromatic carbocycles. The van der Waals surface area contributed by atoms with E-state index >= 15 is 0 Å². The van der Waals surface area contributed by atoms with Crippen molar-refractivity contribution in [2.45, 2.75) is 94.6 Å². The van der Waals surface area contributed by atoms with Crippen LogP contribution in [0, 0.1) is 11.3 Å². The van der Waals surface area contributed by atoms with Gasteiger partial charge in [0, 0.05) is 30.0 Å². The Balaban J connectivity index is 1.33. The summed E-state index contributed by atoms with van der Waals surface area (Å²) in [5.74, 6) is -1.59. The molecule has 5 atom stereocenters. The summed E-state index contributed by atoms with van der Waals surface area (Å²) in [6.45, 7) is 9.25. The number of aromatic nitrogens is 4. The first-order chi connectivity index (χ1) is 24.7. The molecule has 2 saturated carbocycles. The second-order valence-electron chi connectivity index (χ2n) is 14.9. The van der Waals surface area contributed by atoms with Crippen molar-refractivity contribution in [2.24, 2.45) is 11.3 Å². The average molecular weight is 739 g/mol. The van der Waals surface area contributed by atoms with E-state index in [-0.39, 0.29) is 26.0 Å². The number of allylic oxidation sites excluding steroid dienone is 1. The number of ether oxygens (including phenoxy) is 2. The van der Waals surface area contributed by atoms with E-state index < -0.39 is 74.1 Å². The number of hydrogen-bond acceptors (Lipinski definition) is 11. The van der Waals surface area contributed by atoms with Crippen molar-refractivity contribution < 1.29 is 37.1 Å². The van der Waals surface area contributed by atoms with Crippen molar-refractivity contribution in [3.63, 3.8) is 0 Å². The van der Waals surface area contributed by atoms with Crippen LogP contribution in [0.15, 0.2) is 36.9 Å². The van der Waals surface area contributed by atoms with Crippen molar-refractivity contribution in [1.82, 2.24) is 40.5 Å². The number of methoxy groups -OCH3 is 1. The van der Waals surface area contributed by atoms with E-state index in [2.05, 4.69) is 37.3 Å². The van der Waals surface area contributed by atoms with Gasteiger partial charge in [-0.05, 0) is 67.4 Å². The highest BCUT2D eigenvalue weighted by atomic mass is 32.2. The Morgan fingerprint density at radius 3 is 2.63 bits per heavy atom. The summed E-state index contributed by atoms with van der Waals surface area (Å²) in [7, 11) is -2.31. The Bertz CT molecular complexity index is 1880. The second-order valence-corrected chi connectivity index (χ2v) is 16.9. The van der Waals surface area contributed by atoms with Crippen LogP contribution in [0.2, 0.25) is 0 Å². The van der Waals surface area contributed by atoms with Crippen molar-refractivity contribution >= 4 is 39.9 Å². The fourth-order valence-corrected chi connectivity index (χ4v) is 8.07. The fourth-order valence-electron chi connectivity index (χ4n) is 6.70. The number of benzene rings is 1. The Morgan fingerprint density at radius 1 is 1.19 bits per heavy atom. The van der Waals surface area contributed by atoms with E-state index in [1.165, 1.54) is 15.8 Å². The van der Waals surface area contributed by atoms with Crippen LogP contribution in [-0.2, 0) is 29.1 Å². The zero-order valence-corrected chi connectivity index (χ0v) is 30.6. The van der Waals surface area contributed by atoms with E-state index in [9.17, 15) is 27.6 Å². The van der Waals surface area contributed by atoms with Gasteiger partial charge in [-0.25, -0.2) is 13.2 Å². The lowest BCUT2D eigenvalue weighted by molar-refractivity contribution is -0.142. The van der Waals surface area contributed by atoms with Gasteiger partial charge in [-0.1, -0.05) is 39.0 Å². The molecule has 3 N–H and O–H groups in total. The van der Waals surface area contributed by atoms with Gasteiger partial charge in [-0.15, -0.1) is 16.8 Å². The van der Waals surface area contributed by atoms with Gasteiger partial charge >= 0.3 is 6.09 Å². The SMILES string of the molecule is C=C[C@H]1C[C@@]1(NC(=O)[C@@H]1C[C@@H]2CN1C(=O)[C@@H](C(C)(C)C)NC(=O)OCCCC/C=C/c1cc(ccc1OC)-c1nnn2n1)C(=O)NS(=O)(=O)C1CC1. The summed E-state index contributed by atoms with van der Waals surface area (Å²) >= 11 is 0. The number of nitrogens with zero attached hydrogens (tertiary/aromatic N) is 5. The Labute approximate surface area is 302 Å². The molecule has 2 aromatic rings. The highest BCUT2D eigenvalue weighted by Crippen LogP contribution is 2.46. The Hall–Kier alpha value is -4.80. The number of nitrogens with one attached hydrogen (secondary N) is 3. The molecule has 17 heteroatoms. The third-order valence-electron chi connectivity index (χ3n) is 10.0. The number of rotatable bonds is 7. The minimum atomic E-state index is -3.90. The fraction of sp³-hybridized carbons (Fsp3) is 0.571. The summed E-state index contributed by atoms with van der Waals surface area (Å²) in [6.07, 6.45) is 7.85. The van der Waals surface area contributed by atoms with E-state index in [4.69, 9.17) is 9.47 Å². The van der Waals surface area contributed by atoms with Crippen molar-refractivity contribution in [2.75, 3.05) is 20.3 Å². The molecule has 4 amide bonds. The van der Waals surface area contributed by atoms with Crippen LogP contribution >= 0.6 is 0 Å². The number of carbonyl (C=O) groups excluding carboxylic acids is 4. The zero-order chi connectivity index (χ0) is 37.4. The quantitative estimate of drug-likeness (QED) is 0.352. The molecular weight excluding hydrogens is 693 g/mol. The van der Waals surface area contributed by atoms with Crippen LogP contribution in [0.1, 0.15) is 77.3 Å². The van der Waals surface area contributed by atoms with Crippen LogP contribution < -0.4 is 20.1 Å². The lowest BCUT2D eigenvalue weighted by Crippen LogP contribution is -2.60. The van der Waals surface area contributed by atoms with Crippen LogP contribution in [0.3, 0.4) is 0 Å². The number of fused-ring (bicyclic) bond motifs is 8. The van der Waals surface area contributed by atoms with Gasteiger partial charge in [0.05, 0.1) is 25.0 Å². The van der Waals surface area contributed by atoms with Gasteiger partial charge in [-0.3, -0.25) is 19.1 Å². The highest BCUT2D eigenvalue weighted by Gasteiger charge is 2.62. The van der Waals surface area contributed by atoms with E-state index in [1.807, 2.05) is 30.4 Å². The third-order valence-corrected chi connectivity index (χ3v) is 11.8. The third kappa shape index (κ3) is 7.68. The molecule has 2 aliphatic carbocycles. The maximum Gasteiger partial charge on any atom is 0.407 e. The number of alkyl carbamates (subject to hydrolysis) is 1. The topological polar surface area (TPSA) is 204 Å². The Morgan fingerprint density at radius 2 is 1.96 bits per heavy atom. The van der Waals surface area contributed by atoms with Crippen LogP contribution in [0.4, 0.5) is 4.79 Å². The first-order valence-corrected chi connectivity index (χ1v) is 19.1. The van der Waals surface area contributed by atoms with Crippen LogP contribution in [0.5, 0.6) is 5.75 Å². The van der Waals surface area contributed by atoms with E-state index in [0.717, 1.165) is 18.4 Å². The molecule has 0 spiro atoms. The molecule has 2 aliphatic heterocycles. The minimum Gasteiger partial charge on any atom is -0.496 e. The van der Waals surface area contributed by atoms with Gasteiger partial charge in [0.2, 0.25) is 27.7 Å². The maximum atomic E-state index is 14.4. The largest absolute Gasteiger partial charge is 0.496 e. The molecule has 4 aliphatic rings. The van der Waals surface area contributed by atoms with Crippen molar-refractivity contribution in [3.05, 3.63) is 42.5 Å². The van der Waals surface area contributed by atoms with E-state index in [0.29, 0.717) is 36.4 Å². The molecule has 6 rings (SSSR count). The number of hydrogen-bond donors (Lipinski definition) is 3. The summed E-state index contributed by atoms with van der Waals surface area (Å²) in [5, 5.41) is 18.1. The number of tetrazole rings is 1. The van der Waals surface area contributed by atoms with Crippen molar-refractivity contribution in [3.8, 4) is 17.1 Å². The number of sulfonamides is 1. The molecule has 52 heavy (non-hydrogen) atoms. The van der Waals surface area contributed by atoms with Gasteiger partial charge in [0.15, 0.2) is 0 Å². The smallest absolute Gasteiger partial charge is 0.407 e. The molecule has 3 heterocycles. The van der Waals surface area contributed by atoms with Gasteiger partial charge in [0.25, 0.3) is 5.91 Å². The molecule has 1 aromatic heterocycles. The summed E-state index contributed by atoms with van der Waals surface area (Å²) < 4.78 is 38.5. The number of carbonyl (C=O) groups is 4. The molecule has 0 unspecified atom stereocenters. The van der Waals surface area contributed by atoms with E-state index in [1.54, 1.807) is 27.9 Å². The predicted molar refractivity (Wildman–Crippen MR) is 189 cm³/mol. The molecule has 6 bridgehead atoms. The van der Waals surface area contributed by atoms with Gasteiger partial charge < -0.3 is 25.0 Å². The molecule has 280 valence electrons. The lowest BCUT2D eigenvalue weighted by atomic mass is 9.85. The monoisotopic (exact) mass is 738 g/mol. The van der Waals surface area contributed by atoms with Crippen molar-refractivity contribution in [1.29, 1.82) is 0 Å². The molecular formula is C35H46N8O8S. The minimum absolute atomic E-state index is 0.0211. The lowest BCUT2D eigenvalue weighted by Gasteiger charge is -2.35. The van der Waals surface area contributed by atoms with Crippen LogP contribution in [0.25, 0.3) is 17.5 Å². The second kappa shape index (κ2) is 14.3. The molecule has 3 fully saturated rings. The summed E-state index contributed by atoms with van der Waals surface area (Å²) in [5.41, 5.74) is -0.861. The number of cyclic esters (lactones) is 1. The van der Waals surface area contributed by atoms with Crippen LogP contribution in [-0.4, -0.2) is 100 Å². The normalized spacial score (nSPS) is 27.4. The first-order valence-electron chi connectivity index (χ1n) is 17.6. The van der Waals surface area contributed by atoms with Gasteiger partial charge in [0.1, 0.15) is 23.4 Å². The molecule has 16 nitrogen and oxygen atoms in total. The first kappa shape index (κ1) is 37.0. The highest BCUT2D eigenvalue weighted by molar-refractivity contribution is 7.91. The molecule has 0 radical (unpaired) electrons. The summed E-state index contributed by atoms with van der Waals surface area (Å²) in [6, 6.07) is 2.66. The average Bonchev–Trinajstić information content (AvgIpc) is 3.97.